The standard InChI is InChI=1S/C19H23NO2/c1-14(2)17(13-18(21)22)20-19(15-9-5-3-6-10-15)16-11-7-4-8-12-16/h3-12,14,17,19-20H,13H2,1-2H3,(H,21,22)/t17-/m1/s1. The molecule has 0 saturated carbocycles. The van der Waals surface area contributed by atoms with Crippen LogP contribution in [0.5, 0.6) is 0 Å². The summed E-state index contributed by atoms with van der Waals surface area (Å²) < 4.78 is 0. The molecule has 0 radical (unpaired) electrons. The maximum absolute atomic E-state index is 11.1. The Hall–Kier alpha value is -2.13. The van der Waals surface area contributed by atoms with Crippen LogP contribution in [-0.2, 0) is 4.79 Å². The maximum atomic E-state index is 11.1. The first-order valence-corrected chi connectivity index (χ1v) is 7.65. The van der Waals surface area contributed by atoms with Crippen LogP contribution >= 0.6 is 0 Å². The van der Waals surface area contributed by atoms with Crippen molar-refractivity contribution in [2.24, 2.45) is 5.92 Å². The first kappa shape index (κ1) is 16.2. The molecule has 0 fully saturated rings. The molecule has 0 aromatic heterocycles. The number of carbonyl (C=O) groups is 1. The van der Waals surface area contributed by atoms with Gasteiger partial charge in [0.25, 0.3) is 0 Å². The van der Waals surface area contributed by atoms with Crippen LogP contribution in [0.25, 0.3) is 0 Å². The Morgan fingerprint density at radius 1 is 0.955 bits per heavy atom. The molecule has 0 amide bonds. The molecule has 0 unspecified atom stereocenters. The predicted molar refractivity (Wildman–Crippen MR) is 88.7 cm³/mol. The molecular formula is C19H23NO2. The van der Waals surface area contributed by atoms with Crippen molar-refractivity contribution in [2.45, 2.75) is 32.4 Å². The van der Waals surface area contributed by atoms with E-state index in [-0.39, 0.29) is 24.4 Å². The van der Waals surface area contributed by atoms with Crippen LogP contribution in [0.15, 0.2) is 60.7 Å². The van der Waals surface area contributed by atoms with Gasteiger partial charge in [-0.3, -0.25) is 4.79 Å². The van der Waals surface area contributed by atoms with E-state index in [0.717, 1.165) is 11.1 Å². The summed E-state index contributed by atoms with van der Waals surface area (Å²) in [6.07, 6.45) is 0.119. The van der Waals surface area contributed by atoms with E-state index >= 15 is 0 Å². The van der Waals surface area contributed by atoms with E-state index in [4.69, 9.17) is 5.11 Å². The van der Waals surface area contributed by atoms with Crippen molar-refractivity contribution in [3.63, 3.8) is 0 Å². The Bertz CT molecular complexity index is 541. The van der Waals surface area contributed by atoms with Crippen molar-refractivity contribution < 1.29 is 9.90 Å². The van der Waals surface area contributed by atoms with Gasteiger partial charge in [0.1, 0.15) is 0 Å². The lowest BCUT2D eigenvalue weighted by Gasteiger charge is -2.28. The quantitative estimate of drug-likeness (QED) is 0.815. The summed E-state index contributed by atoms with van der Waals surface area (Å²) >= 11 is 0. The predicted octanol–water partition coefficient (Wildman–Crippen LogP) is 3.86. The molecule has 3 heteroatoms. The van der Waals surface area contributed by atoms with E-state index in [1.165, 1.54) is 0 Å². The van der Waals surface area contributed by atoms with Crippen LogP contribution in [0.3, 0.4) is 0 Å². The fraction of sp³-hybridized carbons (Fsp3) is 0.316. The molecule has 0 heterocycles. The van der Waals surface area contributed by atoms with E-state index < -0.39 is 5.97 Å². The molecule has 2 aromatic rings. The van der Waals surface area contributed by atoms with Gasteiger partial charge in [-0.25, -0.2) is 0 Å². The molecule has 2 rings (SSSR count). The van der Waals surface area contributed by atoms with Crippen LogP contribution in [0.1, 0.15) is 37.4 Å². The average Bonchev–Trinajstić information content (AvgIpc) is 2.52. The second-order valence-corrected chi connectivity index (χ2v) is 5.87. The first-order chi connectivity index (χ1) is 10.6. The van der Waals surface area contributed by atoms with E-state index in [2.05, 4.69) is 29.6 Å². The summed E-state index contributed by atoms with van der Waals surface area (Å²) in [4.78, 5) is 11.1. The number of nitrogens with one attached hydrogen (secondary N) is 1. The molecule has 1 atom stereocenters. The van der Waals surface area contributed by atoms with Gasteiger partial charge in [0.15, 0.2) is 0 Å². The molecule has 116 valence electrons. The van der Waals surface area contributed by atoms with Gasteiger partial charge in [0.05, 0.1) is 12.5 Å². The minimum Gasteiger partial charge on any atom is -0.481 e. The average molecular weight is 297 g/mol. The smallest absolute Gasteiger partial charge is 0.304 e. The molecule has 0 saturated heterocycles. The molecule has 0 aliphatic rings. The van der Waals surface area contributed by atoms with Crippen LogP contribution in [0.2, 0.25) is 0 Å². The van der Waals surface area contributed by atoms with Crippen LogP contribution in [0, 0.1) is 5.92 Å². The third-order valence-electron chi connectivity index (χ3n) is 3.85. The van der Waals surface area contributed by atoms with Crippen LogP contribution in [0.4, 0.5) is 0 Å². The number of hydrogen-bond acceptors (Lipinski definition) is 2. The van der Waals surface area contributed by atoms with E-state index in [0.29, 0.717) is 0 Å². The molecular weight excluding hydrogens is 274 g/mol. The highest BCUT2D eigenvalue weighted by Crippen LogP contribution is 2.24. The third kappa shape index (κ3) is 4.43. The lowest BCUT2D eigenvalue weighted by atomic mass is 9.94. The molecule has 2 aromatic carbocycles. The topological polar surface area (TPSA) is 49.3 Å². The Kier molecular flexibility index (Phi) is 5.73. The highest BCUT2D eigenvalue weighted by atomic mass is 16.4. The van der Waals surface area contributed by atoms with Crippen molar-refractivity contribution in [1.82, 2.24) is 5.32 Å². The maximum Gasteiger partial charge on any atom is 0.304 e. The second kappa shape index (κ2) is 7.76. The van der Waals surface area contributed by atoms with E-state index in [1.807, 2.05) is 50.2 Å². The zero-order valence-electron chi connectivity index (χ0n) is 13.1. The lowest BCUT2D eigenvalue weighted by Crippen LogP contribution is -2.39. The number of carboxylic acids is 1. The minimum absolute atomic E-state index is 0.00542. The fourth-order valence-corrected chi connectivity index (χ4v) is 2.57. The molecule has 3 nitrogen and oxygen atoms in total. The number of benzene rings is 2. The first-order valence-electron chi connectivity index (χ1n) is 7.65. The normalized spacial score (nSPS) is 12.5. The van der Waals surface area contributed by atoms with Crippen molar-refractivity contribution in [3.8, 4) is 0 Å². The zero-order chi connectivity index (χ0) is 15.9. The Balaban J connectivity index is 2.30. The molecule has 0 aliphatic heterocycles. The highest BCUT2D eigenvalue weighted by Gasteiger charge is 2.22. The van der Waals surface area contributed by atoms with Gasteiger partial charge >= 0.3 is 5.97 Å². The fourth-order valence-electron chi connectivity index (χ4n) is 2.57. The van der Waals surface area contributed by atoms with Crippen LogP contribution in [-0.4, -0.2) is 17.1 Å². The SMILES string of the molecule is CC(C)[C@@H](CC(=O)O)NC(c1ccccc1)c1ccccc1. The van der Waals surface area contributed by atoms with Gasteiger partial charge in [-0.2, -0.15) is 0 Å². The van der Waals surface area contributed by atoms with E-state index in [1.54, 1.807) is 0 Å². The van der Waals surface area contributed by atoms with Crippen molar-refractivity contribution in [2.75, 3.05) is 0 Å². The van der Waals surface area contributed by atoms with Crippen LogP contribution < -0.4 is 5.32 Å². The van der Waals surface area contributed by atoms with Crippen molar-refractivity contribution >= 4 is 5.97 Å². The molecule has 2 N–H and O–H groups in total. The van der Waals surface area contributed by atoms with Gasteiger partial charge in [-0.15, -0.1) is 0 Å². The van der Waals surface area contributed by atoms with E-state index in [9.17, 15) is 4.79 Å². The number of aliphatic carboxylic acids is 1. The van der Waals surface area contributed by atoms with Gasteiger partial charge in [0.2, 0.25) is 0 Å². The second-order valence-electron chi connectivity index (χ2n) is 5.87. The lowest BCUT2D eigenvalue weighted by molar-refractivity contribution is -0.137. The number of carboxylic acid groups (broad SMARTS) is 1. The third-order valence-corrected chi connectivity index (χ3v) is 3.85. The van der Waals surface area contributed by atoms with Gasteiger partial charge < -0.3 is 10.4 Å². The van der Waals surface area contributed by atoms with Gasteiger partial charge in [0, 0.05) is 6.04 Å². The zero-order valence-corrected chi connectivity index (χ0v) is 13.1. The summed E-state index contributed by atoms with van der Waals surface area (Å²) in [5.41, 5.74) is 2.29. The number of rotatable bonds is 7. The summed E-state index contributed by atoms with van der Waals surface area (Å²) in [7, 11) is 0. The summed E-state index contributed by atoms with van der Waals surface area (Å²) in [5, 5.41) is 12.7. The molecule has 22 heavy (non-hydrogen) atoms. The summed E-state index contributed by atoms with van der Waals surface area (Å²) in [6.45, 7) is 4.10. The van der Waals surface area contributed by atoms with Crippen molar-refractivity contribution in [1.29, 1.82) is 0 Å². The molecule has 0 spiro atoms. The number of hydrogen-bond donors (Lipinski definition) is 2. The van der Waals surface area contributed by atoms with Gasteiger partial charge in [-0.05, 0) is 17.0 Å². The monoisotopic (exact) mass is 297 g/mol. The largest absolute Gasteiger partial charge is 0.481 e. The molecule has 0 aliphatic carbocycles. The Labute approximate surface area is 132 Å². The Morgan fingerprint density at radius 3 is 1.77 bits per heavy atom. The van der Waals surface area contributed by atoms with Gasteiger partial charge in [-0.1, -0.05) is 74.5 Å². The van der Waals surface area contributed by atoms with Crippen molar-refractivity contribution in [3.05, 3.63) is 71.8 Å². The highest BCUT2D eigenvalue weighted by molar-refractivity contribution is 5.67. The minimum atomic E-state index is -0.772. The Morgan fingerprint density at radius 2 is 1.41 bits per heavy atom. The molecule has 0 bridgehead atoms. The summed E-state index contributed by atoms with van der Waals surface area (Å²) in [6, 6.07) is 20.2. The summed E-state index contributed by atoms with van der Waals surface area (Å²) in [5.74, 6) is -0.530.